The molecule has 9 nitrogen and oxygen atoms in total. The zero-order valence-corrected chi connectivity index (χ0v) is 18.6. The number of benzene rings is 2. The number of ether oxygens (including phenoxy) is 3. The molecule has 0 aromatic heterocycles. The van der Waals surface area contributed by atoms with E-state index in [1.165, 1.54) is 13.2 Å². The summed E-state index contributed by atoms with van der Waals surface area (Å²) in [6, 6.07) is 4.93. The minimum absolute atomic E-state index is 0.0617. The topological polar surface area (TPSA) is 146 Å². The van der Waals surface area contributed by atoms with E-state index < -0.39 is 37.3 Å². The number of phenols is 1. The number of aryl methyl sites for hydroxylation is 1. The van der Waals surface area contributed by atoms with Gasteiger partial charge in [-0.05, 0) is 36.8 Å². The molecule has 180 valence electrons. The number of rotatable bonds is 6. The highest BCUT2D eigenvalue weighted by Gasteiger charge is 2.45. The van der Waals surface area contributed by atoms with Crippen molar-refractivity contribution in [2.24, 2.45) is 5.92 Å². The van der Waals surface area contributed by atoms with Crippen molar-refractivity contribution >= 4 is 16.6 Å². The molecule has 0 radical (unpaired) electrons. The molecule has 2 fully saturated rings. The number of aliphatic hydroxyl groups excluding tert-OH is 4. The van der Waals surface area contributed by atoms with Crippen molar-refractivity contribution in [1.82, 2.24) is 0 Å². The van der Waals surface area contributed by atoms with Crippen molar-refractivity contribution in [3.63, 3.8) is 0 Å². The average molecular weight is 462 g/mol. The third-order valence-corrected chi connectivity index (χ3v) is 6.65. The number of phenolic OH excluding ortho intramolecular Hbond substituents is 1. The number of carbonyl (C=O) groups excluding carboxylic acids is 1. The summed E-state index contributed by atoms with van der Waals surface area (Å²) < 4.78 is 16.6. The molecule has 0 spiro atoms. The van der Waals surface area contributed by atoms with Crippen LogP contribution in [0.25, 0.3) is 10.8 Å². The molecule has 2 aliphatic rings. The van der Waals surface area contributed by atoms with Crippen LogP contribution in [0.3, 0.4) is 0 Å². The molecule has 0 amide bonds. The lowest BCUT2D eigenvalue weighted by Crippen LogP contribution is -2.60. The smallest absolute Gasteiger partial charge is 0.229 e. The first-order chi connectivity index (χ1) is 15.8. The van der Waals surface area contributed by atoms with Crippen LogP contribution < -0.4 is 9.47 Å². The number of carbonyl (C=O) groups is 1. The van der Waals surface area contributed by atoms with Gasteiger partial charge in [-0.2, -0.15) is 0 Å². The molecule has 2 aromatic carbocycles. The van der Waals surface area contributed by atoms with Crippen LogP contribution in [0.4, 0.5) is 0 Å². The number of methoxy groups -OCH3 is 1. The standard InChI is InChI=1S/C24H30O9/c1-11-7-13-8-14(31-2)9-15(32-24-23(30)22(29)20(27)16(10-25)33-24)18(13)21(28)17(11)19(26)12-5-3-4-6-12/h7-9,12,16,20,22-25,27-30H,3-6,10H2,1-2H3/t16-,20-,22+,23-,24+/m1/s1. The van der Waals surface area contributed by atoms with Crippen LogP contribution in [0.5, 0.6) is 17.2 Å². The Morgan fingerprint density at radius 1 is 1.09 bits per heavy atom. The zero-order chi connectivity index (χ0) is 23.9. The highest BCUT2D eigenvalue weighted by molar-refractivity contribution is 6.09. The summed E-state index contributed by atoms with van der Waals surface area (Å²) in [5.74, 6) is -0.0225. The maximum atomic E-state index is 13.2. The van der Waals surface area contributed by atoms with E-state index in [2.05, 4.69) is 0 Å². The van der Waals surface area contributed by atoms with Gasteiger partial charge in [-0.15, -0.1) is 0 Å². The van der Waals surface area contributed by atoms with Crippen LogP contribution in [0.1, 0.15) is 41.6 Å². The second-order valence-corrected chi connectivity index (χ2v) is 8.80. The number of Topliss-reactive ketones (excluding diaryl/α,β-unsaturated/α-hetero) is 1. The second-order valence-electron chi connectivity index (χ2n) is 8.80. The molecule has 9 heteroatoms. The third kappa shape index (κ3) is 4.27. The fourth-order valence-electron chi connectivity index (χ4n) is 4.80. The summed E-state index contributed by atoms with van der Waals surface area (Å²) in [4.78, 5) is 13.2. The molecular formula is C24H30O9. The molecule has 5 N–H and O–H groups in total. The van der Waals surface area contributed by atoms with Gasteiger partial charge in [0.1, 0.15) is 41.7 Å². The highest BCUT2D eigenvalue weighted by Crippen LogP contribution is 2.43. The van der Waals surface area contributed by atoms with E-state index in [-0.39, 0.29) is 34.1 Å². The maximum Gasteiger partial charge on any atom is 0.229 e. The molecule has 4 rings (SSSR count). The molecule has 0 bridgehead atoms. The lowest BCUT2D eigenvalue weighted by molar-refractivity contribution is -0.277. The average Bonchev–Trinajstić information content (AvgIpc) is 3.33. The first-order valence-corrected chi connectivity index (χ1v) is 11.1. The molecule has 2 aromatic rings. The second kappa shape index (κ2) is 9.44. The Bertz CT molecular complexity index is 1030. The Kier molecular flexibility index (Phi) is 6.78. The predicted molar refractivity (Wildman–Crippen MR) is 118 cm³/mol. The fourth-order valence-corrected chi connectivity index (χ4v) is 4.80. The molecule has 33 heavy (non-hydrogen) atoms. The van der Waals surface area contributed by atoms with Crippen LogP contribution in [-0.2, 0) is 4.74 Å². The monoisotopic (exact) mass is 462 g/mol. The minimum atomic E-state index is -1.63. The quantitative estimate of drug-likeness (QED) is 0.402. The van der Waals surface area contributed by atoms with Crippen molar-refractivity contribution in [3.8, 4) is 17.2 Å². The molecule has 5 atom stereocenters. The number of fused-ring (bicyclic) bond motifs is 1. The van der Waals surface area contributed by atoms with Gasteiger partial charge in [-0.3, -0.25) is 4.79 Å². The minimum Gasteiger partial charge on any atom is -0.506 e. The normalized spacial score (nSPS) is 28.2. The van der Waals surface area contributed by atoms with Crippen molar-refractivity contribution in [3.05, 3.63) is 29.3 Å². The Labute approximate surface area is 191 Å². The summed E-state index contributed by atoms with van der Waals surface area (Å²) in [5, 5.41) is 52.0. The van der Waals surface area contributed by atoms with E-state index in [4.69, 9.17) is 14.2 Å². The van der Waals surface area contributed by atoms with Crippen LogP contribution >= 0.6 is 0 Å². The van der Waals surface area contributed by atoms with Gasteiger partial charge >= 0.3 is 0 Å². The first kappa shape index (κ1) is 23.7. The number of aliphatic hydroxyl groups is 4. The molecule has 1 heterocycles. The van der Waals surface area contributed by atoms with Crippen molar-refractivity contribution in [2.75, 3.05) is 13.7 Å². The summed E-state index contributed by atoms with van der Waals surface area (Å²) in [7, 11) is 1.46. The summed E-state index contributed by atoms with van der Waals surface area (Å²) >= 11 is 0. The van der Waals surface area contributed by atoms with Gasteiger partial charge in [0.25, 0.3) is 0 Å². The number of ketones is 1. The van der Waals surface area contributed by atoms with Gasteiger partial charge in [0.15, 0.2) is 5.78 Å². The van der Waals surface area contributed by atoms with Gasteiger partial charge in [0, 0.05) is 12.0 Å². The van der Waals surface area contributed by atoms with E-state index in [1.807, 2.05) is 0 Å². The molecular weight excluding hydrogens is 432 g/mol. The van der Waals surface area contributed by atoms with E-state index in [0.29, 0.717) is 16.7 Å². The maximum absolute atomic E-state index is 13.2. The first-order valence-electron chi connectivity index (χ1n) is 11.1. The summed E-state index contributed by atoms with van der Waals surface area (Å²) in [6.45, 7) is 1.16. The van der Waals surface area contributed by atoms with Gasteiger partial charge in [-0.1, -0.05) is 18.9 Å². The van der Waals surface area contributed by atoms with Crippen LogP contribution in [-0.4, -0.2) is 75.7 Å². The Morgan fingerprint density at radius 3 is 2.42 bits per heavy atom. The highest BCUT2D eigenvalue weighted by atomic mass is 16.7. The van der Waals surface area contributed by atoms with Crippen molar-refractivity contribution in [1.29, 1.82) is 0 Å². The lowest BCUT2D eigenvalue weighted by atomic mass is 9.90. The Balaban J connectivity index is 1.80. The number of hydrogen-bond donors (Lipinski definition) is 5. The van der Waals surface area contributed by atoms with Crippen LogP contribution in [0.2, 0.25) is 0 Å². The van der Waals surface area contributed by atoms with E-state index in [1.54, 1.807) is 19.1 Å². The number of aromatic hydroxyl groups is 1. The van der Waals surface area contributed by atoms with Gasteiger partial charge in [0.2, 0.25) is 6.29 Å². The third-order valence-electron chi connectivity index (χ3n) is 6.65. The van der Waals surface area contributed by atoms with Gasteiger partial charge < -0.3 is 39.7 Å². The van der Waals surface area contributed by atoms with E-state index >= 15 is 0 Å². The molecule has 1 aliphatic heterocycles. The molecule has 1 saturated heterocycles. The van der Waals surface area contributed by atoms with E-state index in [0.717, 1.165) is 25.7 Å². The Morgan fingerprint density at radius 2 is 1.79 bits per heavy atom. The largest absolute Gasteiger partial charge is 0.506 e. The van der Waals surface area contributed by atoms with Crippen molar-refractivity contribution in [2.45, 2.75) is 63.3 Å². The van der Waals surface area contributed by atoms with Crippen LogP contribution in [0.15, 0.2) is 18.2 Å². The summed E-state index contributed by atoms with van der Waals surface area (Å²) in [5.41, 5.74) is 0.863. The van der Waals surface area contributed by atoms with Crippen molar-refractivity contribution < 1.29 is 44.5 Å². The van der Waals surface area contributed by atoms with E-state index in [9.17, 15) is 30.3 Å². The predicted octanol–water partition coefficient (Wildman–Crippen LogP) is 1.41. The molecule has 0 unspecified atom stereocenters. The zero-order valence-electron chi connectivity index (χ0n) is 18.6. The Hall–Kier alpha value is -2.43. The van der Waals surface area contributed by atoms with Crippen LogP contribution in [0, 0.1) is 12.8 Å². The van der Waals surface area contributed by atoms with Gasteiger partial charge in [-0.25, -0.2) is 0 Å². The SMILES string of the molecule is COc1cc(O[C@H]2O[C@H](CO)[C@@H](O)[C@H](O)[C@H]2O)c2c(O)c(C(=O)C3CCCC3)c(C)cc2c1. The lowest BCUT2D eigenvalue weighted by Gasteiger charge is -2.39. The summed E-state index contributed by atoms with van der Waals surface area (Å²) in [6.07, 6.45) is -3.85. The van der Waals surface area contributed by atoms with Gasteiger partial charge in [0.05, 0.1) is 24.7 Å². The fraction of sp³-hybridized carbons (Fsp3) is 0.542. The number of hydrogen-bond acceptors (Lipinski definition) is 9. The molecule has 1 aliphatic carbocycles. The molecule has 1 saturated carbocycles.